The van der Waals surface area contributed by atoms with Crippen molar-refractivity contribution in [1.82, 2.24) is 0 Å². The molecule has 0 aliphatic carbocycles. The van der Waals surface area contributed by atoms with E-state index in [0.29, 0.717) is 32.8 Å². The summed E-state index contributed by atoms with van der Waals surface area (Å²) in [6.45, 7) is 2.09. The summed E-state index contributed by atoms with van der Waals surface area (Å²) in [6.07, 6.45) is 0.615. The third-order valence-electron chi connectivity index (χ3n) is 3.11. The van der Waals surface area contributed by atoms with Gasteiger partial charge in [0.1, 0.15) is 5.60 Å². The second-order valence-electron chi connectivity index (χ2n) is 4.27. The summed E-state index contributed by atoms with van der Waals surface area (Å²) < 4.78 is 11.4. The zero-order chi connectivity index (χ0) is 12.1. The zero-order valence-electron chi connectivity index (χ0n) is 9.89. The number of hydrogen-bond acceptors (Lipinski definition) is 4. The van der Waals surface area contributed by atoms with Gasteiger partial charge in [0.25, 0.3) is 0 Å². The standard InChI is InChI=1S/C13H19NO3/c14-9-13(17-7-3-6-15)10-16-8-11-4-1-2-5-12(11)13/h1-2,4-5,15H,3,6-10,14H2. The van der Waals surface area contributed by atoms with Gasteiger partial charge in [-0.15, -0.1) is 0 Å². The van der Waals surface area contributed by atoms with Crippen LogP contribution in [-0.2, 0) is 21.7 Å². The van der Waals surface area contributed by atoms with Gasteiger partial charge in [0.15, 0.2) is 0 Å². The van der Waals surface area contributed by atoms with Crippen LogP contribution in [0.2, 0.25) is 0 Å². The largest absolute Gasteiger partial charge is 0.396 e. The first kappa shape index (κ1) is 12.5. The van der Waals surface area contributed by atoms with Gasteiger partial charge in [0.2, 0.25) is 0 Å². The van der Waals surface area contributed by atoms with Crippen molar-refractivity contribution in [3.63, 3.8) is 0 Å². The van der Waals surface area contributed by atoms with E-state index in [1.165, 1.54) is 0 Å². The molecular formula is C13H19NO3. The van der Waals surface area contributed by atoms with Crippen LogP contribution in [0.15, 0.2) is 24.3 Å². The van der Waals surface area contributed by atoms with Crippen molar-refractivity contribution in [1.29, 1.82) is 0 Å². The maximum absolute atomic E-state index is 8.81. The van der Waals surface area contributed by atoms with E-state index >= 15 is 0 Å². The van der Waals surface area contributed by atoms with Gasteiger partial charge in [0.05, 0.1) is 19.8 Å². The van der Waals surface area contributed by atoms with Gasteiger partial charge >= 0.3 is 0 Å². The maximum atomic E-state index is 8.81. The molecule has 3 N–H and O–H groups in total. The van der Waals surface area contributed by atoms with E-state index in [0.717, 1.165) is 11.1 Å². The van der Waals surface area contributed by atoms with Crippen LogP contribution in [0.25, 0.3) is 0 Å². The molecule has 1 atom stereocenters. The fraction of sp³-hybridized carbons (Fsp3) is 0.538. The molecule has 0 saturated heterocycles. The number of aliphatic hydroxyl groups excluding tert-OH is 1. The summed E-state index contributed by atoms with van der Waals surface area (Å²) in [5, 5.41) is 8.81. The topological polar surface area (TPSA) is 64.7 Å². The molecule has 0 saturated carbocycles. The van der Waals surface area contributed by atoms with E-state index in [1.807, 2.05) is 24.3 Å². The van der Waals surface area contributed by atoms with Gasteiger partial charge in [-0.1, -0.05) is 24.3 Å². The van der Waals surface area contributed by atoms with Gasteiger partial charge in [-0.2, -0.15) is 0 Å². The normalized spacial score (nSPS) is 23.4. The Balaban J connectivity index is 2.22. The zero-order valence-corrected chi connectivity index (χ0v) is 9.89. The minimum absolute atomic E-state index is 0.128. The monoisotopic (exact) mass is 237 g/mol. The Labute approximate surface area is 101 Å². The second-order valence-corrected chi connectivity index (χ2v) is 4.27. The molecule has 0 radical (unpaired) electrons. The smallest absolute Gasteiger partial charge is 0.129 e. The van der Waals surface area contributed by atoms with Gasteiger partial charge in [-0.05, 0) is 17.5 Å². The van der Waals surface area contributed by atoms with Crippen molar-refractivity contribution in [2.45, 2.75) is 18.6 Å². The molecule has 4 nitrogen and oxygen atoms in total. The summed E-state index contributed by atoms with van der Waals surface area (Å²) in [6, 6.07) is 8.06. The summed E-state index contributed by atoms with van der Waals surface area (Å²) in [5.74, 6) is 0. The number of hydrogen-bond donors (Lipinski definition) is 2. The molecule has 0 aromatic heterocycles. The minimum atomic E-state index is -0.552. The van der Waals surface area contributed by atoms with Crippen LogP contribution in [-0.4, -0.2) is 31.5 Å². The lowest BCUT2D eigenvalue weighted by Crippen LogP contribution is -2.45. The molecule has 0 bridgehead atoms. The lowest BCUT2D eigenvalue weighted by atomic mass is 9.88. The fourth-order valence-electron chi connectivity index (χ4n) is 2.17. The van der Waals surface area contributed by atoms with Crippen molar-refractivity contribution in [3.8, 4) is 0 Å². The van der Waals surface area contributed by atoms with Crippen molar-refractivity contribution in [2.75, 3.05) is 26.4 Å². The average Bonchev–Trinajstić information content (AvgIpc) is 2.39. The maximum Gasteiger partial charge on any atom is 0.129 e. The number of ether oxygens (including phenoxy) is 2. The highest BCUT2D eigenvalue weighted by Crippen LogP contribution is 2.33. The third kappa shape index (κ3) is 2.50. The van der Waals surface area contributed by atoms with E-state index in [2.05, 4.69) is 0 Å². The van der Waals surface area contributed by atoms with E-state index in [9.17, 15) is 0 Å². The van der Waals surface area contributed by atoms with Crippen LogP contribution in [0.5, 0.6) is 0 Å². The molecule has 0 spiro atoms. The first-order chi connectivity index (χ1) is 8.32. The Morgan fingerprint density at radius 3 is 3.00 bits per heavy atom. The molecule has 1 unspecified atom stereocenters. The molecule has 1 aliphatic rings. The van der Waals surface area contributed by atoms with E-state index in [-0.39, 0.29) is 6.61 Å². The molecule has 1 heterocycles. The van der Waals surface area contributed by atoms with Gasteiger partial charge in [-0.3, -0.25) is 0 Å². The number of benzene rings is 1. The number of rotatable bonds is 5. The number of nitrogens with two attached hydrogens (primary N) is 1. The quantitative estimate of drug-likeness (QED) is 0.742. The van der Waals surface area contributed by atoms with E-state index in [4.69, 9.17) is 20.3 Å². The molecule has 4 heteroatoms. The number of fused-ring (bicyclic) bond motifs is 1. The van der Waals surface area contributed by atoms with Crippen molar-refractivity contribution in [3.05, 3.63) is 35.4 Å². The minimum Gasteiger partial charge on any atom is -0.396 e. The summed E-state index contributed by atoms with van der Waals surface area (Å²) in [5.41, 5.74) is 7.57. The molecule has 94 valence electrons. The highest BCUT2D eigenvalue weighted by molar-refractivity contribution is 5.34. The van der Waals surface area contributed by atoms with Crippen LogP contribution < -0.4 is 5.73 Å². The molecular weight excluding hydrogens is 218 g/mol. The van der Waals surface area contributed by atoms with Crippen molar-refractivity contribution < 1.29 is 14.6 Å². The third-order valence-corrected chi connectivity index (χ3v) is 3.11. The van der Waals surface area contributed by atoms with Gasteiger partial charge < -0.3 is 20.3 Å². The van der Waals surface area contributed by atoms with E-state index < -0.39 is 5.60 Å². The Bertz CT molecular complexity index is 369. The molecule has 2 rings (SSSR count). The molecule has 1 aliphatic heterocycles. The van der Waals surface area contributed by atoms with Crippen LogP contribution in [0.3, 0.4) is 0 Å². The number of aliphatic hydroxyl groups is 1. The predicted octanol–water partition coefficient (Wildman–Crippen LogP) is 0.770. The lowest BCUT2D eigenvalue weighted by Gasteiger charge is -2.37. The average molecular weight is 237 g/mol. The van der Waals surface area contributed by atoms with Gasteiger partial charge in [0, 0.05) is 13.2 Å². The van der Waals surface area contributed by atoms with Gasteiger partial charge in [-0.25, -0.2) is 0 Å². The van der Waals surface area contributed by atoms with Crippen LogP contribution in [0.4, 0.5) is 0 Å². The summed E-state index contributed by atoms with van der Waals surface area (Å²) >= 11 is 0. The molecule has 17 heavy (non-hydrogen) atoms. The molecule has 0 amide bonds. The first-order valence-corrected chi connectivity index (χ1v) is 5.93. The highest BCUT2D eigenvalue weighted by Gasteiger charge is 2.36. The lowest BCUT2D eigenvalue weighted by molar-refractivity contribution is -0.116. The van der Waals surface area contributed by atoms with Crippen molar-refractivity contribution in [2.24, 2.45) is 5.73 Å². The second kappa shape index (κ2) is 5.60. The Morgan fingerprint density at radius 1 is 1.41 bits per heavy atom. The Morgan fingerprint density at radius 2 is 2.24 bits per heavy atom. The molecule has 0 fully saturated rings. The molecule has 1 aromatic rings. The van der Waals surface area contributed by atoms with E-state index in [1.54, 1.807) is 0 Å². The predicted molar refractivity (Wildman–Crippen MR) is 64.5 cm³/mol. The summed E-state index contributed by atoms with van der Waals surface area (Å²) in [4.78, 5) is 0. The fourth-order valence-corrected chi connectivity index (χ4v) is 2.17. The van der Waals surface area contributed by atoms with Crippen LogP contribution >= 0.6 is 0 Å². The van der Waals surface area contributed by atoms with Crippen LogP contribution in [0, 0.1) is 0 Å². The molecule has 1 aromatic carbocycles. The Hall–Kier alpha value is -0.940. The first-order valence-electron chi connectivity index (χ1n) is 5.93. The Kier molecular flexibility index (Phi) is 4.12. The highest BCUT2D eigenvalue weighted by atomic mass is 16.5. The summed E-state index contributed by atoms with van der Waals surface area (Å²) in [7, 11) is 0. The SMILES string of the molecule is NCC1(OCCCO)COCc2ccccc21. The van der Waals surface area contributed by atoms with Crippen molar-refractivity contribution >= 4 is 0 Å². The van der Waals surface area contributed by atoms with Crippen LogP contribution in [0.1, 0.15) is 17.5 Å².